The second kappa shape index (κ2) is 7.92. The molecule has 0 N–H and O–H groups in total. The molecule has 1 aromatic rings. The second-order valence-corrected chi connectivity index (χ2v) is 7.35. The van der Waals surface area contributed by atoms with Crippen LogP contribution in [0.4, 0.5) is 0 Å². The van der Waals surface area contributed by atoms with Crippen LogP contribution >= 0.6 is 0 Å². The number of hydrogen-bond acceptors (Lipinski definition) is 4. The summed E-state index contributed by atoms with van der Waals surface area (Å²) >= 11 is 0. The average molecular weight is 312 g/mol. The number of ether oxygens (including phenoxy) is 1. The van der Waals surface area contributed by atoms with E-state index >= 15 is 0 Å². The summed E-state index contributed by atoms with van der Waals surface area (Å²) in [5.41, 5.74) is 1.29. The van der Waals surface area contributed by atoms with Crippen LogP contribution in [0.2, 0.25) is 0 Å². The molecule has 1 aliphatic rings. The smallest absolute Gasteiger partial charge is 0.264 e. The Labute approximate surface area is 127 Å². The molecule has 1 saturated carbocycles. The molecule has 0 aromatic heterocycles. The Hall–Kier alpha value is -0.910. The lowest BCUT2D eigenvalue weighted by atomic mass is 9.88. The summed E-state index contributed by atoms with van der Waals surface area (Å²) in [6, 6.07) is 10.3. The van der Waals surface area contributed by atoms with E-state index in [0.717, 1.165) is 51.6 Å². The van der Waals surface area contributed by atoms with Gasteiger partial charge in [-0.1, -0.05) is 30.3 Å². The maximum atomic E-state index is 11.1. The Balaban J connectivity index is 1.59. The van der Waals surface area contributed by atoms with Crippen molar-refractivity contribution in [3.05, 3.63) is 35.9 Å². The van der Waals surface area contributed by atoms with Gasteiger partial charge in [-0.05, 0) is 43.6 Å². The van der Waals surface area contributed by atoms with Gasteiger partial charge in [-0.25, -0.2) is 0 Å². The fraction of sp³-hybridized carbons (Fsp3) is 0.625. The van der Waals surface area contributed by atoms with Crippen molar-refractivity contribution in [3.63, 3.8) is 0 Å². The van der Waals surface area contributed by atoms with Crippen LogP contribution in [0, 0.1) is 5.92 Å². The fourth-order valence-corrected chi connectivity index (χ4v) is 3.41. The highest BCUT2D eigenvalue weighted by Gasteiger charge is 2.24. The highest BCUT2D eigenvalue weighted by atomic mass is 32.2. The second-order valence-electron chi connectivity index (χ2n) is 5.75. The van der Waals surface area contributed by atoms with Gasteiger partial charge in [0.05, 0.1) is 19.0 Å². The van der Waals surface area contributed by atoms with Crippen molar-refractivity contribution in [1.29, 1.82) is 0 Å². The van der Waals surface area contributed by atoms with Gasteiger partial charge in [-0.15, -0.1) is 0 Å². The number of hydrogen-bond donors (Lipinski definition) is 0. The molecular weight excluding hydrogens is 288 g/mol. The largest absolute Gasteiger partial charge is 0.381 e. The van der Waals surface area contributed by atoms with Gasteiger partial charge in [-0.2, -0.15) is 8.42 Å². The molecule has 0 atom stereocenters. The van der Waals surface area contributed by atoms with Crippen molar-refractivity contribution in [2.45, 2.75) is 38.2 Å². The summed E-state index contributed by atoms with van der Waals surface area (Å²) in [6.07, 6.45) is 5.48. The monoisotopic (exact) mass is 312 g/mol. The van der Waals surface area contributed by atoms with E-state index in [2.05, 4.69) is 12.1 Å². The molecule has 0 radical (unpaired) electrons. The van der Waals surface area contributed by atoms with Crippen LogP contribution in [-0.4, -0.2) is 34.0 Å². The van der Waals surface area contributed by atoms with E-state index in [0.29, 0.717) is 5.92 Å². The molecule has 0 amide bonds. The van der Waals surface area contributed by atoms with Crippen molar-refractivity contribution in [2.75, 3.05) is 19.5 Å². The van der Waals surface area contributed by atoms with Crippen LogP contribution in [0.25, 0.3) is 0 Å². The van der Waals surface area contributed by atoms with Crippen LogP contribution in [0.5, 0.6) is 0 Å². The zero-order valence-electron chi connectivity index (χ0n) is 12.5. The third-order valence-corrected chi connectivity index (χ3v) is 4.46. The molecule has 1 aromatic carbocycles. The summed E-state index contributed by atoms with van der Waals surface area (Å²) in [7, 11) is -3.32. The Morgan fingerprint density at radius 3 is 2.38 bits per heavy atom. The van der Waals surface area contributed by atoms with Crippen molar-refractivity contribution < 1.29 is 17.3 Å². The lowest BCUT2D eigenvalue weighted by Gasteiger charge is -2.27. The third kappa shape index (κ3) is 6.59. The lowest BCUT2D eigenvalue weighted by Crippen LogP contribution is -2.26. The van der Waals surface area contributed by atoms with Gasteiger partial charge < -0.3 is 4.74 Å². The van der Waals surface area contributed by atoms with Crippen LogP contribution in [0.1, 0.15) is 31.2 Å². The first kappa shape index (κ1) is 16.5. The molecule has 0 spiro atoms. The fourth-order valence-electron chi connectivity index (χ4n) is 2.73. The normalized spacial score (nSPS) is 23.1. The standard InChI is InChI=1S/C16H24O4S/c1-21(17,18)20-16-9-7-15(8-10-16)13-19-12-11-14-5-3-2-4-6-14/h2-6,15-16H,7-13H2,1H3/t15-,16+. The van der Waals surface area contributed by atoms with E-state index in [9.17, 15) is 8.42 Å². The van der Waals surface area contributed by atoms with Gasteiger partial charge in [0.2, 0.25) is 0 Å². The minimum atomic E-state index is -3.32. The highest BCUT2D eigenvalue weighted by molar-refractivity contribution is 7.86. The molecule has 0 heterocycles. The molecule has 118 valence electrons. The van der Waals surface area contributed by atoms with E-state index in [4.69, 9.17) is 8.92 Å². The Kier molecular flexibility index (Phi) is 6.21. The Morgan fingerprint density at radius 1 is 1.10 bits per heavy atom. The highest BCUT2D eigenvalue weighted by Crippen LogP contribution is 2.27. The molecule has 0 unspecified atom stereocenters. The van der Waals surface area contributed by atoms with Gasteiger partial charge in [0.1, 0.15) is 0 Å². The zero-order chi connectivity index (χ0) is 15.1. The van der Waals surface area contributed by atoms with Crippen LogP contribution < -0.4 is 0 Å². The van der Waals surface area contributed by atoms with Crippen LogP contribution in [0.15, 0.2) is 30.3 Å². The summed E-state index contributed by atoms with van der Waals surface area (Å²) < 4.78 is 33.0. The minimum absolute atomic E-state index is 0.138. The lowest BCUT2D eigenvalue weighted by molar-refractivity contribution is 0.0627. The van der Waals surface area contributed by atoms with E-state index in [1.807, 2.05) is 18.2 Å². The zero-order valence-corrected chi connectivity index (χ0v) is 13.3. The van der Waals surface area contributed by atoms with Gasteiger partial charge in [0.25, 0.3) is 10.1 Å². The van der Waals surface area contributed by atoms with E-state index in [1.54, 1.807) is 0 Å². The first-order chi connectivity index (χ1) is 10.0. The van der Waals surface area contributed by atoms with Gasteiger partial charge in [0, 0.05) is 6.61 Å². The van der Waals surface area contributed by atoms with E-state index in [1.165, 1.54) is 5.56 Å². The predicted octanol–water partition coefficient (Wildman–Crippen LogP) is 2.78. The Morgan fingerprint density at radius 2 is 1.76 bits per heavy atom. The van der Waals surface area contributed by atoms with Gasteiger partial charge in [0.15, 0.2) is 0 Å². The van der Waals surface area contributed by atoms with Crippen LogP contribution in [-0.2, 0) is 25.5 Å². The maximum Gasteiger partial charge on any atom is 0.264 e. The average Bonchev–Trinajstić information content (AvgIpc) is 2.45. The molecule has 1 fully saturated rings. The van der Waals surface area contributed by atoms with Crippen molar-refractivity contribution in [1.82, 2.24) is 0 Å². The first-order valence-corrected chi connectivity index (χ1v) is 9.34. The van der Waals surface area contributed by atoms with Crippen LogP contribution in [0.3, 0.4) is 0 Å². The van der Waals surface area contributed by atoms with Gasteiger partial charge >= 0.3 is 0 Å². The maximum absolute atomic E-state index is 11.1. The van der Waals surface area contributed by atoms with E-state index < -0.39 is 10.1 Å². The molecule has 4 nitrogen and oxygen atoms in total. The summed E-state index contributed by atoms with van der Waals surface area (Å²) in [5.74, 6) is 0.528. The molecule has 0 saturated heterocycles. The summed E-state index contributed by atoms with van der Waals surface area (Å²) in [4.78, 5) is 0. The molecule has 21 heavy (non-hydrogen) atoms. The summed E-state index contributed by atoms with van der Waals surface area (Å²) in [5, 5.41) is 0. The summed E-state index contributed by atoms with van der Waals surface area (Å²) in [6.45, 7) is 1.50. The molecule has 5 heteroatoms. The van der Waals surface area contributed by atoms with Crippen molar-refractivity contribution >= 4 is 10.1 Å². The molecular formula is C16H24O4S. The SMILES string of the molecule is CS(=O)(=O)O[C@H]1CC[C@@H](COCCc2ccccc2)CC1. The molecule has 1 aliphatic carbocycles. The predicted molar refractivity (Wildman–Crippen MR) is 82.6 cm³/mol. The number of rotatable bonds is 7. The van der Waals surface area contributed by atoms with Gasteiger partial charge in [-0.3, -0.25) is 4.18 Å². The molecule has 2 rings (SSSR count). The van der Waals surface area contributed by atoms with E-state index in [-0.39, 0.29) is 6.10 Å². The number of benzene rings is 1. The topological polar surface area (TPSA) is 52.6 Å². The third-order valence-electron chi connectivity index (χ3n) is 3.84. The molecule has 0 bridgehead atoms. The quantitative estimate of drug-likeness (QED) is 0.574. The van der Waals surface area contributed by atoms with Crippen molar-refractivity contribution in [3.8, 4) is 0 Å². The molecule has 0 aliphatic heterocycles. The first-order valence-electron chi connectivity index (χ1n) is 7.53. The Bertz CT molecular complexity index is 504. The van der Waals surface area contributed by atoms with Crippen molar-refractivity contribution in [2.24, 2.45) is 5.92 Å². The minimum Gasteiger partial charge on any atom is -0.381 e.